The maximum atomic E-state index is 11.9. The Hall–Kier alpha value is -1.05. The highest BCUT2D eigenvalue weighted by molar-refractivity contribution is 5.12. The van der Waals surface area contributed by atoms with Crippen molar-refractivity contribution in [2.45, 2.75) is 6.92 Å². The first-order valence-electron chi connectivity index (χ1n) is 2.57. The maximum Gasteiger partial charge on any atom is 0.117 e. The van der Waals surface area contributed by atoms with Crippen molar-refractivity contribution in [2.24, 2.45) is 0 Å². The largest absolute Gasteiger partial charge is 0.366 e. The highest BCUT2D eigenvalue weighted by Gasteiger charge is 1.83. The van der Waals surface area contributed by atoms with E-state index in [0.29, 0.717) is 5.70 Å². The van der Waals surface area contributed by atoms with E-state index in [1.807, 2.05) is 0 Å². The molecule has 0 spiro atoms. The van der Waals surface area contributed by atoms with Crippen LogP contribution in [0.25, 0.3) is 0 Å². The Kier molecular flexibility index (Phi) is 3.44. The molecule has 0 saturated carbocycles. The van der Waals surface area contributed by atoms with Crippen molar-refractivity contribution in [3.8, 4) is 0 Å². The molecule has 1 N–H and O–H groups in total. The summed E-state index contributed by atoms with van der Waals surface area (Å²) < 4.78 is 11.9. The van der Waals surface area contributed by atoms with Crippen molar-refractivity contribution in [3.05, 3.63) is 37.0 Å². The zero-order valence-corrected chi connectivity index (χ0v) is 5.45. The quantitative estimate of drug-likeness (QED) is 0.572. The van der Waals surface area contributed by atoms with Crippen molar-refractivity contribution < 1.29 is 4.39 Å². The van der Waals surface area contributed by atoms with Crippen LogP contribution in [0.2, 0.25) is 0 Å². The molecule has 2 heteroatoms. The molecular formula is C7H10FN. The molecule has 50 valence electrons. The Morgan fingerprint density at radius 1 is 1.67 bits per heavy atom. The summed E-state index contributed by atoms with van der Waals surface area (Å²) in [5, 5.41) is 2.70. The van der Waals surface area contributed by atoms with Gasteiger partial charge in [-0.3, -0.25) is 0 Å². The van der Waals surface area contributed by atoms with Crippen LogP contribution in [-0.2, 0) is 0 Å². The van der Waals surface area contributed by atoms with Crippen LogP contribution in [0.3, 0.4) is 0 Å². The van der Waals surface area contributed by atoms with Crippen LogP contribution in [0.4, 0.5) is 4.39 Å². The van der Waals surface area contributed by atoms with E-state index in [9.17, 15) is 4.39 Å². The molecule has 0 aromatic carbocycles. The lowest BCUT2D eigenvalue weighted by Gasteiger charge is -1.95. The van der Waals surface area contributed by atoms with Crippen molar-refractivity contribution in [1.82, 2.24) is 5.32 Å². The van der Waals surface area contributed by atoms with E-state index in [2.05, 4.69) is 18.5 Å². The lowest BCUT2D eigenvalue weighted by Crippen LogP contribution is -1.98. The molecule has 0 aromatic rings. The second-order valence-electron chi connectivity index (χ2n) is 1.62. The van der Waals surface area contributed by atoms with Gasteiger partial charge in [-0.15, -0.1) is 0 Å². The lowest BCUT2D eigenvalue weighted by molar-refractivity contribution is 0.668. The van der Waals surface area contributed by atoms with Crippen molar-refractivity contribution >= 4 is 0 Å². The Labute approximate surface area is 54.6 Å². The number of rotatable bonds is 3. The van der Waals surface area contributed by atoms with Crippen LogP contribution in [0, 0.1) is 0 Å². The van der Waals surface area contributed by atoms with Gasteiger partial charge in [-0.05, 0) is 19.2 Å². The SMILES string of the molecule is C=CN/C(C)=C/C(=C)F. The normalized spacial score (nSPS) is 10.7. The summed E-state index contributed by atoms with van der Waals surface area (Å²) in [6.07, 6.45) is 2.77. The smallest absolute Gasteiger partial charge is 0.117 e. The minimum absolute atomic E-state index is 0.457. The summed E-state index contributed by atoms with van der Waals surface area (Å²) >= 11 is 0. The second-order valence-corrected chi connectivity index (χ2v) is 1.62. The second kappa shape index (κ2) is 3.89. The number of hydrogen-bond acceptors (Lipinski definition) is 1. The number of allylic oxidation sites excluding steroid dienone is 3. The predicted molar refractivity (Wildman–Crippen MR) is 37.3 cm³/mol. The molecule has 0 bridgehead atoms. The molecule has 0 aliphatic carbocycles. The van der Waals surface area contributed by atoms with Crippen LogP contribution < -0.4 is 5.32 Å². The molecule has 0 rings (SSSR count). The van der Waals surface area contributed by atoms with E-state index in [4.69, 9.17) is 0 Å². The fourth-order valence-corrected chi connectivity index (χ4v) is 0.438. The van der Waals surface area contributed by atoms with Crippen molar-refractivity contribution in [2.75, 3.05) is 0 Å². The van der Waals surface area contributed by atoms with Crippen LogP contribution in [0.5, 0.6) is 0 Å². The van der Waals surface area contributed by atoms with Gasteiger partial charge in [-0.1, -0.05) is 13.2 Å². The Balaban J connectivity index is 3.83. The summed E-state index contributed by atoms with van der Waals surface area (Å²) in [7, 11) is 0. The van der Waals surface area contributed by atoms with E-state index in [0.717, 1.165) is 0 Å². The highest BCUT2D eigenvalue weighted by Crippen LogP contribution is 1.96. The topological polar surface area (TPSA) is 12.0 Å². The van der Waals surface area contributed by atoms with E-state index < -0.39 is 5.83 Å². The third kappa shape index (κ3) is 4.81. The van der Waals surface area contributed by atoms with Gasteiger partial charge in [0, 0.05) is 5.70 Å². The summed E-state index contributed by atoms with van der Waals surface area (Å²) in [5.74, 6) is -0.457. The summed E-state index contributed by atoms with van der Waals surface area (Å²) in [6, 6.07) is 0. The summed E-state index contributed by atoms with van der Waals surface area (Å²) in [5.41, 5.74) is 0.692. The summed E-state index contributed by atoms with van der Waals surface area (Å²) in [4.78, 5) is 0. The number of nitrogens with one attached hydrogen (secondary N) is 1. The molecule has 0 atom stereocenters. The zero-order chi connectivity index (χ0) is 7.28. The first-order valence-corrected chi connectivity index (χ1v) is 2.57. The van der Waals surface area contributed by atoms with Crippen LogP contribution in [0.15, 0.2) is 37.0 Å². The van der Waals surface area contributed by atoms with Gasteiger partial charge in [0.25, 0.3) is 0 Å². The van der Waals surface area contributed by atoms with E-state index in [1.165, 1.54) is 12.3 Å². The van der Waals surface area contributed by atoms with Gasteiger partial charge in [0.15, 0.2) is 0 Å². The third-order valence-corrected chi connectivity index (χ3v) is 0.703. The molecule has 0 aliphatic heterocycles. The standard InChI is InChI=1S/C7H10FN/c1-4-9-7(3)5-6(2)8/h4-5,9H,1-2H2,3H3/b7-5+. The predicted octanol–water partition coefficient (Wildman–Crippen LogP) is 2.11. The Morgan fingerprint density at radius 3 is 2.56 bits per heavy atom. The molecule has 1 nitrogen and oxygen atoms in total. The maximum absolute atomic E-state index is 11.9. The third-order valence-electron chi connectivity index (χ3n) is 0.703. The molecule has 0 aromatic heterocycles. The fraction of sp³-hybridized carbons (Fsp3) is 0.143. The van der Waals surface area contributed by atoms with Crippen molar-refractivity contribution in [3.63, 3.8) is 0 Å². The zero-order valence-electron chi connectivity index (χ0n) is 5.45. The fourth-order valence-electron chi connectivity index (χ4n) is 0.438. The van der Waals surface area contributed by atoms with Crippen molar-refractivity contribution in [1.29, 1.82) is 0 Å². The van der Waals surface area contributed by atoms with Gasteiger partial charge in [0.05, 0.1) is 0 Å². The summed E-state index contributed by atoms with van der Waals surface area (Å²) in [6.45, 7) is 8.19. The minimum Gasteiger partial charge on any atom is -0.366 e. The number of halogens is 1. The van der Waals surface area contributed by atoms with E-state index in [1.54, 1.807) is 6.92 Å². The molecule has 0 amide bonds. The van der Waals surface area contributed by atoms with Gasteiger partial charge in [0.1, 0.15) is 5.83 Å². The van der Waals surface area contributed by atoms with Gasteiger partial charge in [0.2, 0.25) is 0 Å². The molecule has 9 heavy (non-hydrogen) atoms. The molecule has 0 fully saturated rings. The molecule has 0 heterocycles. The molecule has 0 aliphatic rings. The lowest BCUT2D eigenvalue weighted by atomic mass is 10.4. The first kappa shape index (κ1) is 7.95. The average Bonchev–Trinajstić information content (AvgIpc) is 1.63. The average molecular weight is 127 g/mol. The Bertz CT molecular complexity index is 147. The highest BCUT2D eigenvalue weighted by atomic mass is 19.1. The van der Waals surface area contributed by atoms with Crippen LogP contribution in [-0.4, -0.2) is 0 Å². The molecular weight excluding hydrogens is 117 g/mol. The van der Waals surface area contributed by atoms with Gasteiger partial charge in [-0.25, -0.2) is 4.39 Å². The number of hydrogen-bond donors (Lipinski definition) is 1. The van der Waals surface area contributed by atoms with Gasteiger partial charge < -0.3 is 5.32 Å². The van der Waals surface area contributed by atoms with E-state index in [-0.39, 0.29) is 0 Å². The monoisotopic (exact) mass is 127 g/mol. The molecule has 0 unspecified atom stereocenters. The first-order chi connectivity index (χ1) is 4.16. The van der Waals surface area contributed by atoms with E-state index >= 15 is 0 Å². The minimum atomic E-state index is -0.457. The Morgan fingerprint density at radius 2 is 2.22 bits per heavy atom. The molecule has 0 radical (unpaired) electrons. The molecule has 0 saturated heterocycles. The van der Waals surface area contributed by atoms with Gasteiger partial charge >= 0.3 is 0 Å². The van der Waals surface area contributed by atoms with Gasteiger partial charge in [-0.2, -0.15) is 0 Å². The van der Waals surface area contributed by atoms with Crippen LogP contribution in [0.1, 0.15) is 6.92 Å². The van der Waals surface area contributed by atoms with Crippen LogP contribution >= 0.6 is 0 Å².